The van der Waals surface area contributed by atoms with Crippen molar-refractivity contribution < 1.29 is 9.18 Å². The third kappa shape index (κ3) is 2.78. The first-order valence-corrected chi connectivity index (χ1v) is 8.23. The van der Waals surface area contributed by atoms with Crippen LogP contribution in [0, 0.1) is 5.82 Å². The summed E-state index contributed by atoms with van der Waals surface area (Å²) in [5, 5.41) is 1.88. The van der Waals surface area contributed by atoms with Gasteiger partial charge in [-0.3, -0.25) is 4.79 Å². The molecule has 1 amide bonds. The minimum absolute atomic E-state index is 0.0657. The lowest BCUT2D eigenvalue weighted by Gasteiger charge is -2.21. The number of benzene rings is 3. The maximum atomic E-state index is 14.5. The van der Waals surface area contributed by atoms with Crippen LogP contribution in [0.15, 0.2) is 60.7 Å². The van der Waals surface area contributed by atoms with Crippen LogP contribution in [-0.2, 0) is 0 Å². The number of fused-ring (bicyclic) bond motifs is 1. The van der Waals surface area contributed by atoms with Gasteiger partial charge >= 0.3 is 0 Å². The second-order valence-corrected chi connectivity index (χ2v) is 5.67. The smallest absolute Gasteiger partial charge is 0.254 e. The lowest BCUT2D eigenvalue weighted by atomic mass is 9.92. The zero-order chi connectivity index (χ0) is 17.1. The largest absolute Gasteiger partial charge is 0.339 e. The minimum atomic E-state index is -0.317. The molecule has 0 heterocycles. The molecule has 3 rings (SSSR count). The summed E-state index contributed by atoms with van der Waals surface area (Å²) in [7, 11) is 0. The van der Waals surface area contributed by atoms with Crippen molar-refractivity contribution in [3.05, 3.63) is 72.0 Å². The fraction of sp³-hybridized carbons (Fsp3) is 0.190. The molecule has 0 unspecified atom stereocenters. The second-order valence-electron chi connectivity index (χ2n) is 5.67. The number of carbonyl (C=O) groups is 1. The SMILES string of the molecule is CCN(CC)C(=O)c1ccc2ccccc2c1-c1ccccc1F. The maximum Gasteiger partial charge on any atom is 0.254 e. The van der Waals surface area contributed by atoms with Crippen LogP contribution in [0.4, 0.5) is 4.39 Å². The van der Waals surface area contributed by atoms with Crippen LogP contribution < -0.4 is 0 Å². The summed E-state index contributed by atoms with van der Waals surface area (Å²) in [5.74, 6) is -0.383. The van der Waals surface area contributed by atoms with E-state index in [0.29, 0.717) is 29.8 Å². The average molecular weight is 321 g/mol. The maximum absolute atomic E-state index is 14.5. The van der Waals surface area contributed by atoms with Gasteiger partial charge in [0.2, 0.25) is 0 Å². The molecule has 3 aromatic carbocycles. The molecular weight excluding hydrogens is 301 g/mol. The van der Waals surface area contributed by atoms with Gasteiger partial charge in [-0.1, -0.05) is 48.5 Å². The molecule has 2 nitrogen and oxygen atoms in total. The van der Waals surface area contributed by atoms with Gasteiger partial charge in [-0.05, 0) is 36.8 Å². The summed E-state index contributed by atoms with van der Waals surface area (Å²) in [6.07, 6.45) is 0. The van der Waals surface area contributed by atoms with E-state index in [1.54, 1.807) is 23.1 Å². The summed E-state index contributed by atoms with van der Waals surface area (Å²) in [6.45, 7) is 5.15. The summed E-state index contributed by atoms with van der Waals surface area (Å²) in [6, 6.07) is 18.1. The monoisotopic (exact) mass is 321 g/mol. The highest BCUT2D eigenvalue weighted by molar-refractivity contribution is 6.10. The van der Waals surface area contributed by atoms with Crippen molar-refractivity contribution >= 4 is 16.7 Å². The van der Waals surface area contributed by atoms with E-state index in [9.17, 15) is 9.18 Å². The Morgan fingerprint density at radius 1 is 0.917 bits per heavy atom. The number of carbonyl (C=O) groups excluding carboxylic acids is 1. The highest BCUT2D eigenvalue weighted by atomic mass is 19.1. The highest BCUT2D eigenvalue weighted by Gasteiger charge is 2.21. The molecule has 0 N–H and O–H groups in total. The van der Waals surface area contributed by atoms with Gasteiger partial charge in [-0.15, -0.1) is 0 Å². The van der Waals surface area contributed by atoms with Gasteiger partial charge in [0.05, 0.1) is 0 Å². The van der Waals surface area contributed by atoms with Gasteiger partial charge in [0, 0.05) is 29.8 Å². The molecule has 3 aromatic rings. The molecule has 122 valence electrons. The Hall–Kier alpha value is -2.68. The number of hydrogen-bond donors (Lipinski definition) is 0. The van der Waals surface area contributed by atoms with Gasteiger partial charge < -0.3 is 4.90 Å². The fourth-order valence-corrected chi connectivity index (χ4v) is 3.09. The molecule has 0 atom stereocenters. The average Bonchev–Trinajstić information content (AvgIpc) is 2.62. The zero-order valence-corrected chi connectivity index (χ0v) is 13.9. The lowest BCUT2D eigenvalue weighted by molar-refractivity contribution is 0.0774. The van der Waals surface area contributed by atoms with E-state index in [1.807, 2.05) is 50.2 Å². The van der Waals surface area contributed by atoms with Crippen LogP contribution >= 0.6 is 0 Å². The molecule has 0 saturated carbocycles. The predicted octanol–water partition coefficient (Wildman–Crippen LogP) is 5.13. The van der Waals surface area contributed by atoms with Gasteiger partial charge in [-0.2, -0.15) is 0 Å². The van der Waals surface area contributed by atoms with Gasteiger partial charge in [0.15, 0.2) is 0 Å². The normalized spacial score (nSPS) is 10.8. The van der Waals surface area contributed by atoms with Crippen molar-refractivity contribution in [1.29, 1.82) is 0 Å². The number of halogens is 1. The van der Waals surface area contributed by atoms with Crippen LogP contribution in [0.5, 0.6) is 0 Å². The molecule has 0 aliphatic heterocycles. The van der Waals surface area contributed by atoms with E-state index in [4.69, 9.17) is 0 Å². The summed E-state index contributed by atoms with van der Waals surface area (Å²) in [4.78, 5) is 14.7. The Labute approximate surface area is 141 Å². The molecule has 0 spiro atoms. The third-order valence-corrected chi connectivity index (χ3v) is 4.35. The first-order valence-electron chi connectivity index (χ1n) is 8.23. The van der Waals surface area contributed by atoms with Gasteiger partial charge in [0.1, 0.15) is 5.82 Å². The van der Waals surface area contributed by atoms with Gasteiger partial charge in [0.25, 0.3) is 5.91 Å². The van der Waals surface area contributed by atoms with Gasteiger partial charge in [-0.25, -0.2) is 4.39 Å². The van der Waals surface area contributed by atoms with Crippen LogP contribution in [0.2, 0.25) is 0 Å². The number of amides is 1. The molecule has 0 radical (unpaired) electrons. The molecular formula is C21H20FNO. The van der Waals surface area contributed by atoms with E-state index < -0.39 is 0 Å². The molecule has 0 aliphatic carbocycles. The Morgan fingerprint density at radius 2 is 1.58 bits per heavy atom. The summed E-state index contributed by atoms with van der Waals surface area (Å²) < 4.78 is 14.5. The molecule has 0 bridgehead atoms. The number of nitrogens with zero attached hydrogens (tertiary/aromatic N) is 1. The first-order chi connectivity index (χ1) is 11.7. The number of hydrogen-bond acceptors (Lipinski definition) is 1. The quantitative estimate of drug-likeness (QED) is 0.652. The topological polar surface area (TPSA) is 20.3 Å². The Morgan fingerprint density at radius 3 is 2.29 bits per heavy atom. The van der Waals surface area contributed by atoms with E-state index in [2.05, 4.69) is 0 Å². The van der Waals surface area contributed by atoms with Crippen LogP contribution in [-0.4, -0.2) is 23.9 Å². The van der Waals surface area contributed by atoms with Crippen molar-refractivity contribution in [2.45, 2.75) is 13.8 Å². The molecule has 3 heteroatoms. The van der Waals surface area contributed by atoms with Crippen molar-refractivity contribution in [3.8, 4) is 11.1 Å². The van der Waals surface area contributed by atoms with Crippen molar-refractivity contribution in [2.75, 3.05) is 13.1 Å². The van der Waals surface area contributed by atoms with Crippen LogP contribution in [0.25, 0.3) is 21.9 Å². The third-order valence-electron chi connectivity index (χ3n) is 4.35. The van der Waals surface area contributed by atoms with Crippen molar-refractivity contribution in [3.63, 3.8) is 0 Å². The predicted molar refractivity (Wildman–Crippen MR) is 96.6 cm³/mol. The standard InChI is InChI=1S/C21H20FNO/c1-3-23(4-2)21(24)18-14-13-15-9-5-6-10-16(15)20(18)17-11-7-8-12-19(17)22/h5-14H,3-4H2,1-2H3. The van der Waals surface area contributed by atoms with Crippen LogP contribution in [0.1, 0.15) is 24.2 Å². The summed E-state index contributed by atoms with van der Waals surface area (Å²) >= 11 is 0. The van der Waals surface area contributed by atoms with E-state index in [-0.39, 0.29) is 11.7 Å². The highest BCUT2D eigenvalue weighted by Crippen LogP contribution is 2.34. The zero-order valence-electron chi connectivity index (χ0n) is 13.9. The molecule has 0 aliphatic rings. The Kier molecular flexibility index (Phi) is 4.61. The van der Waals surface area contributed by atoms with Crippen LogP contribution in [0.3, 0.4) is 0 Å². The van der Waals surface area contributed by atoms with Crippen molar-refractivity contribution in [2.24, 2.45) is 0 Å². The molecule has 24 heavy (non-hydrogen) atoms. The molecule has 0 fully saturated rings. The first kappa shape index (κ1) is 16.2. The second kappa shape index (κ2) is 6.83. The van der Waals surface area contributed by atoms with E-state index in [0.717, 1.165) is 10.8 Å². The summed E-state index contributed by atoms with van der Waals surface area (Å²) in [5.41, 5.74) is 1.68. The van der Waals surface area contributed by atoms with E-state index in [1.165, 1.54) is 6.07 Å². The molecule has 0 saturated heterocycles. The number of rotatable bonds is 4. The minimum Gasteiger partial charge on any atom is -0.339 e. The fourth-order valence-electron chi connectivity index (χ4n) is 3.09. The van der Waals surface area contributed by atoms with Crippen molar-refractivity contribution in [1.82, 2.24) is 4.90 Å². The Balaban J connectivity index is 2.33. The Bertz CT molecular complexity index is 884. The lowest BCUT2D eigenvalue weighted by Crippen LogP contribution is -2.30. The van der Waals surface area contributed by atoms with E-state index >= 15 is 0 Å². The molecule has 0 aromatic heterocycles.